The van der Waals surface area contributed by atoms with Crippen molar-refractivity contribution in [3.8, 4) is 34.5 Å². The summed E-state index contributed by atoms with van der Waals surface area (Å²) in [5.74, 6) is 3.07. The normalized spacial score (nSPS) is 14.2. The molecular weight excluding hydrogens is 484 g/mol. The van der Waals surface area contributed by atoms with E-state index in [0.717, 1.165) is 33.3 Å². The van der Waals surface area contributed by atoms with Gasteiger partial charge in [0.25, 0.3) is 0 Å². The largest absolute Gasteiger partial charge is 0.493 e. The second-order valence-corrected chi connectivity index (χ2v) is 8.40. The fraction of sp³-hybridized carbons (Fsp3) is 0.200. The van der Waals surface area contributed by atoms with Crippen LogP contribution in [0.4, 0.5) is 11.4 Å². The van der Waals surface area contributed by atoms with Crippen molar-refractivity contribution in [1.82, 2.24) is 0 Å². The quantitative estimate of drug-likeness (QED) is 0.282. The van der Waals surface area contributed by atoms with E-state index >= 15 is 0 Å². The molecule has 0 aromatic heterocycles. The van der Waals surface area contributed by atoms with Crippen LogP contribution < -0.4 is 28.4 Å². The van der Waals surface area contributed by atoms with Crippen molar-refractivity contribution < 1.29 is 28.4 Å². The lowest BCUT2D eigenvalue weighted by Crippen LogP contribution is -2.10. The van der Waals surface area contributed by atoms with E-state index in [4.69, 9.17) is 38.4 Å². The molecule has 0 amide bonds. The van der Waals surface area contributed by atoms with Crippen molar-refractivity contribution in [2.45, 2.75) is 0 Å². The molecule has 0 saturated carbocycles. The lowest BCUT2D eigenvalue weighted by atomic mass is 10.1. The van der Waals surface area contributed by atoms with Crippen molar-refractivity contribution in [1.29, 1.82) is 0 Å². The van der Waals surface area contributed by atoms with Gasteiger partial charge in [0, 0.05) is 40.8 Å². The van der Waals surface area contributed by atoms with E-state index < -0.39 is 0 Å². The highest BCUT2D eigenvalue weighted by molar-refractivity contribution is 6.61. The Morgan fingerprint density at radius 1 is 0.474 bits per heavy atom. The second kappa shape index (κ2) is 10.3. The molecule has 1 aliphatic carbocycles. The zero-order valence-corrected chi connectivity index (χ0v) is 22.1. The van der Waals surface area contributed by atoms with Gasteiger partial charge in [-0.1, -0.05) is 36.4 Å². The molecule has 0 aliphatic heterocycles. The summed E-state index contributed by atoms with van der Waals surface area (Å²) in [4.78, 5) is 10.1. The Morgan fingerprint density at radius 2 is 0.842 bits per heavy atom. The van der Waals surface area contributed by atoms with E-state index in [1.54, 1.807) is 42.7 Å². The number of ether oxygens (including phenoxy) is 6. The predicted octanol–water partition coefficient (Wildman–Crippen LogP) is 6.15. The van der Waals surface area contributed by atoms with Crippen LogP contribution in [-0.4, -0.2) is 54.1 Å². The minimum Gasteiger partial charge on any atom is -0.493 e. The molecule has 1 aliphatic rings. The number of hydrogen-bond donors (Lipinski definition) is 0. The molecule has 0 atom stereocenters. The first-order valence-electron chi connectivity index (χ1n) is 11.9. The topological polar surface area (TPSA) is 80.1 Å². The molecular formula is C30H28N2O6. The third kappa shape index (κ3) is 4.14. The van der Waals surface area contributed by atoms with Gasteiger partial charge in [-0.3, -0.25) is 0 Å². The van der Waals surface area contributed by atoms with Gasteiger partial charge in [-0.15, -0.1) is 0 Å². The highest BCUT2D eigenvalue weighted by Crippen LogP contribution is 2.44. The van der Waals surface area contributed by atoms with Crippen LogP contribution in [0.25, 0.3) is 10.8 Å². The lowest BCUT2D eigenvalue weighted by Gasteiger charge is -2.14. The van der Waals surface area contributed by atoms with Gasteiger partial charge in [0.05, 0.1) is 65.5 Å². The molecule has 0 radical (unpaired) electrons. The van der Waals surface area contributed by atoms with E-state index in [1.807, 2.05) is 36.4 Å². The number of nitrogens with zero attached hydrogens (tertiary/aromatic N) is 2. The van der Waals surface area contributed by atoms with Gasteiger partial charge in [-0.05, 0) is 5.39 Å². The Hall–Kier alpha value is -4.72. The van der Waals surface area contributed by atoms with Crippen molar-refractivity contribution in [2.75, 3.05) is 42.7 Å². The van der Waals surface area contributed by atoms with Crippen LogP contribution in [0.15, 0.2) is 70.6 Å². The average Bonchev–Trinajstić information content (AvgIpc) is 3.25. The molecule has 0 saturated heterocycles. The zero-order chi connectivity index (χ0) is 26.8. The van der Waals surface area contributed by atoms with Crippen LogP contribution in [0.3, 0.4) is 0 Å². The van der Waals surface area contributed by atoms with Crippen LogP contribution in [0.1, 0.15) is 11.1 Å². The Balaban J connectivity index is 1.77. The van der Waals surface area contributed by atoms with Crippen molar-refractivity contribution >= 4 is 33.6 Å². The third-order valence-electron chi connectivity index (χ3n) is 6.42. The number of hydrogen-bond acceptors (Lipinski definition) is 8. The summed E-state index contributed by atoms with van der Waals surface area (Å²) in [6, 6.07) is 19.6. The van der Waals surface area contributed by atoms with Gasteiger partial charge in [-0.25, -0.2) is 9.98 Å². The molecule has 8 nitrogen and oxygen atoms in total. The molecule has 4 aromatic carbocycles. The second-order valence-electron chi connectivity index (χ2n) is 8.40. The van der Waals surface area contributed by atoms with Crippen LogP contribution in [0, 0.1) is 0 Å². The summed E-state index contributed by atoms with van der Waals surface area (Å²) in [6.45, 7) is 0. The van der Waals surface area contributed by atoms with Crippen LogP contribution in [0.2, 0.25) is 0 Å². The van der Waals surface area contributed by atoms with Crippen molar-refractivity contribution in [3.05, 3.63) is 71.8 Å². The molecule has 0 N–H and O–H groups in total. The maximum Gasteiger partial charge on any atom is 0.203 e. The monoisotopic (exact) mass is 512 g/mol. The van der Waals surface area contributed by atoms with Crippen molar-refractivity contribution in [2.24, 2.45) is 9.98 Å². The Labute approximate surface area is 221 Å². The van der Waals surface area contributed by atoms with E-state index in [1.165, 1.54) is 0 Å². The molecule has 0 heterocycles. The van der Waals surface area contributed by atoms with E-state index in [9.17, 15) is 0 Å². The van der Waals surface area contributed by atoms with Gasteiger partial charge in [0.1, 0.15) is 0 Å². The molecule has 4 aromatic rings. The van der Waals surface area contributed by atoms with Crippen molar-refractivity contribution in [3.63, 3.8) is 0 Å². The Kier molecular flexibility index (Phi) is 6.79. The first-order chi connectivity index (χ1) is 18.6. The summed E-state index contributed by atoms with van der Waals surface area (Å²) in [5.41, 5.74) is 4.68. The molecule has 5 rings (SSSR count). The maximum atomic E-state index is 5.55. The van der Waals surface area contributed by atoms with Gasteiger partial charge in [0.2, 0.25) is 11.5 Å². The van der Waals surface area contributed by atoms with Gasteiger partial charge in [0.15, 0.2) is 23.0 Å². The molecule has 0 spiro atoms. The fourth-order valence-electron chi connectivity index (χ4n) is 4.74. The Morgan fingerprint density at radius 3 is 1.16 bits per heavy atom. The minimum absolute atomic E-state index is 0.502. The molecule has 0 unspecified atom stereocenters. The standard InChI is InChI=1S/C30H28N2O6/c1-33-22-13-18(14-23(34-2)29(22)37-5)31-27-20-11-7-9-17-10-8-12-21(26(17)20)28(27)32-19-15-24(35-3)30(38-6)25(16-19)36-4/h7-16H,1-6H3. The van der Waals surface area contributed by atoms with E-state index in [-0.39, 0.29) is 0 Å². The smallest absolute Gasteiger partial charge is 0.203 e. The molecule has 0 fully saturated rings. The summed E-state index contributed by atoms with van der Waals surface area (Å²) < 4.78 is 33.2. The fourth-order valence-corrected chi connectivity index (χ4v) is 4.74. The minimum atomic E-state index is 0.502. The number of aliphatic imine (C=N–C) groups is 2. The van der Waals surface area contributed by atoms with Gasteiger partial charge in [-0.2, -0.15) is 0 Å². The van der Waals surface area contributed by atoms with Gasteiger partial charge >= 0.3 is 0 Å². The summed E-state index contributed by atoms with van der Waals surface area (Å²) >= 11 is 0. The third-order valence-corrected chi connectivity index (χ3v) is 6.42. The van der Waals surface area contributed by atoms with Gasteiger partial charge < -0.3 is 28.4 Å². The average molecular weight is 513 g/mol. The highest BCUT2D eigenvalue weighted by atomic mass is 16.5. The van der Waals surface area contributed by atoms with Crippen LogP contribution in [0.5, 0.6) is 34.5 Å². The first-order valence-corrected chi connectivity index (χ1v) is 11.9. The summed E-state index contributed by atoms with van der Waals surface area (Å²) in [7, 11) is 9.47. The maximum absolute atomic E-state index is 5.55. The highest BCUT2D eigenvalue weighted by Gasteiger charge is 2.28. The molecule has 0 bridgehead atoms. The SMILES string of the molecule is COc1cc(N=C2C(=Nc3cc(OC)c(OC)c(OC)c3)c3cccc4cccc2c34)cc(OC)c1OC. The summed E-state index contributed by atoms with van der Waals surface area (Å²) in [6.07, 6.45) is 0. The first kappa shape index (κ1) is 25.0. The lowest BCUT2D eigenvalue weighted by molar-refractivity contribution is 0.324. The number of benzene rings is 4. The number of methoxy groups -OCH3 is 6. The Bertz CT molecular complexity index is 1430. The van der Waals surface area contributed by atoms with E-state index in [2.05, 4.69) is 24.3 Å². The summed E-state index contributed by atoms with van der Waals surface area (Å²) in [5, 5.41) is 2.19. The molecule has 38 heavy (non-hydrogen) atoms. The van der Waals surface area contributed by atoms with Crippen LogP contribution in [-0.2, 0) is 0 Å². The zero-order valence-electron chi connectivity index (χ0n) is 22.1. The van der Waals surface area contributed by atoms with Crippen LogP contribution >= 0.6 is 0 Å². The molecule has 8 heteroatoms. The number of rotatable bonds is 8. The predicted molar refractivity (Wildman–Crippen MR) is 149 cm³/mol. The van der Waals surface area contributed by atoms with E-state index in [0.29, 0.717) is 45.9 Å². The molecule has 194 valence electrons.